The number of hydrogen-bond donors (Lipinski definition) is 3. The summed E-state index contributed by atoms with van der Waals surface area (Å²) in [6.07, 6.45) is 6.40. The first-order chi connectivity index (χ1) is 11.2. The molecule has 2 saturated carbocycles. The minimum absolute atomic E-state index is 0.0881. The highest BCUT2D eigenvalue weighted by molar-refractivity contribution is 5.92. The minimum atomic E-state index is 0.0881. The predicted molar refractivity (Wildman–Crippen MR) is 88.0 cm³/mol. The fourth-order valence-corrected chi connectivity index (χ4v) is 4.15. The molecule has 2 heterocycles. The van der Waals surface area contributed by atoms with E-state index in [1.807, 2.05) is 0 Å². The van der Waals surface area contributed by atoms with E-state index in [-0.39, 0.29) is 11.8 Å². The number of hydrogen-bond acceptors (Lipinski definition) is 6. The number of aromatic nitrogens is 2. The van der Waals surface area contributed by atoms with Gasteiger partial charge in [-0.15, -0.1) is 0 Å². The smallest absolute Gasteiger partial charge is 0.227 e. The second kappa shape index (κ2) is 6.05. The molecule has 0 radical (unpaired) electrons. The monoisotopic (exact) mass is 316 g/mol. The van der Waals surface area contributed by atoms with Crippen molar-refractivity contribution >= 4 is 17.5 Å². The molecule has 2 aliphatic carbocycles. The Morgan fingerprint density at radius 3 is 2.61 bits per heavy atom. The molecule has 4 atom stereocenters. The summed E-state index contributed by atoms with van der Waals surface area (Å²) in [5.41, 5.74) is 6.68. The second-order valence-corrected chi connectivity index (χ2v) is 6.99. The van der Waals surface area contributed by atoms with Crippen molar-refractivity contribution in [2.75, 3.05) is 36.4 Å². The van der Waals surface area contributed by atoms with Crippen LogP contribution in [0.3, 0.4) is 0 Å². The van der Waals surface area contributed by atoms with Crippen LogP contribution in [0.15, 0.2) is 12.4 Å². The van der Waals surface area contributed by atoms with Crippen LogP contribution < -0.4 is 21.3 Å². The standard InChI is InChI=1S/C16H24N6O/c17-14-7-10-5-11(6-13(10)14)15(23)21-12-8-19-16(20-9-12)22-3-1-18-2-4-22/h8-11,13-14,18H,1-7,17H2,(H,21,23). The van der Waals surface area contributed by atoms with Crippen LogP contribution in [-0.2, 0) is 4.79 Å². The number of rotatable bonds is 3. The van der Waals surface area contributed by atoms with Gasteiger partial charge in [0.2, 0.25) is 11.9 Å². The average molecular weight is 316 g/mol. The van der Waals surface area contributed by atoms with Crippen LogP contribution in [0.1, 0.15) is 19.3 Å². The molecule has 3 aliphatic rings. The number of carbonyl (C=O) groups is 1. The number of nitrogens with two attached hydrogens (primary N) is 1. The first-order valence-corrected chi connectivity index (χ1v) is 8.55. The van der Waals surface area contributed by atoms with Crippen LogP contribution in [0.25, 0.3) is 0 Å². The number of anilines is 2. The summed E-state index contributed by atoms with van der Waals surface area (Å²) in [6.45, 7) is 3.73. The van der Waals surface area contributed by atoms with Crippen molar-refractivity contribution in [3.05, 3.63) is 12.4 Å². The summed E-state index contributed by atoms with van der Waals surface area (Å²) in [5, 5.41) is 6.27. The summed E-state index contributed by atoms with van der Waals surface area (Å²) in [6, 6.07) is 0.305. The number of fused-ring (bicyclic) bond motifs is 1. The lowest BCUT2D eigenvalue weighted by Gasteiger charge is -2.37. The van der Waals surface area contributed by atoms with Crippen molar-refractivity contribution < 1.29 is 4.79 Å². The highest BCUT2D eigenvalue weighted by Gasteiger charge is 2.47. The molecule has 3 fully saturated rings. The average Bonchev–Trinajstić information content (AvgIpc) is 2.94. The van der Waals surface area contributed by atoms with Crippen molar-refractivity contribution in [1.82, 2.24) is 15.3 Å². The molecular weight excluding hydrogens is 292 g/mol. The van der Waals surface area contributed by atoms with Gasteiger partial charge in [0.1, 0.15) is 0 Å². The van der Waals surface area contributed by atoms with E-state index in [1.54, 1.807) is 12.4 Å². The van der Waals surface area contributed by atoms with Gasteiger partial charge in [0, 0.05) is 38.1 Å². The third-order valence-corrected chi connectivity index (χ3v) is 5.55. The van der Waals surface area contributed by atoms with Crippen molar-refractivity contribution in [2.45, 2.75) is 25.3 Å². The Balaban J connectivity index is 1.34. The van der Waals surface area contributed by atoms with Crippen LogP contribution >= 0.6 is 0 Å². The molecule has 1 saturated heterocycles. The Morgan fingerprint density at radius 1 is 1.22 bits per heavy atom. The SMILES string of the molecule is NC1CC2CC(C(=O)Nc3cnc(N4CCNCC4)nc3)CC12. The molecule has 4 rings (SSSR count). The molecule has 1 amide bonds. The van der Waals surface area contributed by atoms with Gasteiger partial charge < -0.3 is 21.3 Å². The van der Waals surface area contributed by atoms with Gasteiger partial charge in [0.05, 0.1) is 18.1 Å². The topological polar surface area (TPSA) is 96.2 Å². The Labute approximate surface area is 136 Å². The van der Waals surface area contributed by atoms with Crippen molar-refractivity contribution in [3.63, 3.8) is 0 Å². The van der Waals surface area contributed by atoms with E-state index >= 15 is 0 Å². The van der Waals surface area contributed by atoms with E-state index < -0.39 is 0 Å². The number of nitrogens with zero attached hydrogens (tertiary/aromatic N) is 3. The van der Waals surface area contributed by atoms with Gasteiger partial charge in [-0.05, 0) is 31.1 Å². The van der Waals surface area contributed by atoms with E-state index in [0.29, 0.717) is 23.6 Å². The fraction of sp³-hybridized carbons (Fsp3) is 0.688. The normalized spacial score (nSPS) is 33.0. The molecule has 1 aliphatic heterocycles. The molecule has 124 valence electrons. The first kappa shape index (κ1) is 14.8. The Hall–Kier alpha value is -1.73. The minimum Gasteiger partial charge on any atom is -0.338 e. The summed E-state index contributed by atoms with van der Waals surface area (Å²) in [5.74, 6) is 2.12. The quantitative estimate of drug-likeness (QED) is 0.737. The van der Waals surface area contributed by atoms with Gasteiger partial charge in [-0.1, -0.05) is 0 Å². The number of nitrogens with one attached hydrogen (secondary N) is 2. The molecule has 0 spiro atoms. The molecular formula is C16H24N6O. The summed E-state index contributed by atoms with van der Waals surface area (Å²) in [7, 11) is 0. The van der Waals surface area contributed by atoms with Crippen LogP contribution in [0, 0.1) is 17.8 Å². The highest BCUT2D eigenvalue weighted by atomic mass is 16.1. The number of carbonyl (C=O) groups excluding carboxylic acids is 1. The third-order valence-electron chi connectivity index (χ3n) is 5.55. The van der Waals surface area contributed by atoms with E-state index in [1.165, 1.54) is 0 Å². The number of amides is 1. The zero-order chi connectivity index (χ0) is 15.8. The van der Waals surface area contributed by atoms with E-state index in [2.05, 4.69) is 25.5 Å². The van der Waals surface area contributed by atoms with Gasteiger partial charge in [0.25, 0.3) is 0 Å². The summed E-state index contributed by atoms with van der Waals surface area (Å²) >= 11 is 0. The van der Waals surface area contributed by atoms with Gasteiger partial charge in [-0.25, -0.2) is 9.97 Å². The molecule has 7 heteroatoms. The summed E-state index contributed by atoms with van der Waals surface area (Å²) < 4.78 is 0. The molecule has 0 bridgehead atoms. The van der Waals surface area contributed by atoms with Crippen LogP contribution in [0.5, 0.6) is 0 Å². The number of piperazine rings is 1. The Kier molecular flexibility index (Phi) is 3.90. The third kappa shape index (κ3) is 2.90. The molecule has 23 heavy (non-hydrogen) atoms. The van der Waals surface area contributed by atoms with Crippen molar-refractivity contribution in [3.8, 4) is 0 Å². The fourth-order valence-electron chi connectivity index (χ4n) is 4.15. The summed E-state index contributed by atoms with van der Waals surface area (Å²) in [4.78, 5) is 23.3. The van der Waals surface area contributed by atoms with E-state index in [9.17, 15) is 4.79 Å². The zero-order valence-electron chi connectivity index (χ0n) is 13.2. The lowest BCUT2D eigenvalue weighted by molar-refractivity contribution is -0.119. The molecule has 4 N–H and O–H groups in total. The Morgan fingerprint density at radius 2 is 1.96 bits per heavy atom. The predicted octanol–water partition coefficient (Wildman–Crippen LogP) is 0.198. The molecule has 1 aromatic heterocycles. The zero-order valence-corrected chi connectivity index (χ0v) is 13.2. The van der Waals surface area contributed by atoms with Gasteiger partial charge in [-0.3, -0.25) is 4.79 Å². The van der Waals surface area contributed by atoms with Crippen LogP contribution in [-0.4, -0.2) is 48.1 Å². The van der Waals surface area contributed by atoms with Gasteiger partial charge >= 0.3 is 0 Å². The molecule has 7 nitrogen and oxygen atoms in total. The van der Waals surface area contributed by atoms with Crippen molar-refractivity contribution in [2.24, 2.45) is 23.5 Å². The largest absolute Gasteiger partial charge is 0.338 e. The highest BCUT2D eigenvalue weighted by Crippen LogP contribution is 2.49. The maximum absolute atomic E-state index is 12.4. The van der Waals surface area contributed by atoms with E-state index in [0.717, 1.165) is 51.4 Å². The maximum atomic E-state index is 12.4. The lowest BCUT2D eigenvalue weighted by atomic mass is 9.72. The lowest BCUT2D eigenvalue weighted by Crippen LogP contribution is -2.44. The van der Waals surface area contributed by atoms with Crippen LogP contribution in [0.2, 0.25) is 0 Å². The van der Waals surface area contributed by atoms with Crippen molar-refractivity contribution in [1.29, 1.82) is 0 Å². The molecule has 4 unspecified atom stereocenters. The molecule has 1 aromatic rings. The van der Waals surface area contributed by atoms with Crippen LogP contribution in [0.4, 0.5) is 11.6 Å². The van der Waals surface area contributed by atoms with Gasteiger partial charge in [-0.2, -0.15) is 0 Å². The first-order valence-electron chi connectivity index (χ1n) is 8.55. The van der Waals surface area contributed by atoms with E-state index in [4.69, 9.17) is 5.73 Å². The second-order valence-electron chi connectivity index (χ2n) is 6.99. The Bertz CT molecular complexity index is 570. The van der Waals surface area contributed by atoms with Gasteiger partial charge in [0.15, 0.2) is 0 Å². The maximum Gasteiger partial charge on any atom is 0.227 e. The molecule has 0 aromatic carbocycles.